The molecule has 5 nitrogen and oxygen atoms in total. The molecule has 0 saturated heterocycles. The van der Waals surface area contributed by atoms with Crippen molar-refractivity contribution in [1.29, 1.82) is 0 Å². The highest BCUT2D eigenvalue weighted by atomic mass is 79.9. The zero-order valence-corrected chi connectivity index (χ0v) is 17.0. The number of hydrogen-bond acceptors (Lipinski definition) is 4. The van der Waals surface area contributed by atoms with Gasteiger partial charge in [0.2, 0.25) is 0 Å². The first kappa shape index (κ1) is 19.2. The van der Waals surface area contributed by atoms with Gasteiger partial charge in [0.1, 0.15) is 11.5 Å². The Hall–Kier alpha value is -2.57. The predicted molar refractivity (Wildman–Crippen MR) is 110 cm³/mol. The molecule has 0 aliphatic rings. The van der Waals surface area contributed by atoms with Crippen LogP contribution in [0.3, 0.4) is 0 Å². The molecule has 1 heterocycles. The number of halogens is 2. The molecule has 0 fully saturated rings. The van der Waals surface area contributed by atoms with Crippen molar-refractivity contribution in [2.24, 2.45) is 0 Å². The summed E-state index contributed by atoms with van der Waals surface area (Å²) in [5, 5.41) is 3.32. The predicted octanol–water partition coefficient (Wildman–Crippen LogP) is 5.43. The Morgan fingerprint density at radius 2 is 1.89 bits per heavy atom. The number of ether oxygens (including phenoxy) is 2. The summed E-state index contributed by atoms with van der Waals surface area (Å²) < 4.78 is 11.4. The number of aromatic nitrogens is 1. The Kier molecular flexibility index (Phi) is 5.98. The van der Waals surface area contributed by atoms with E-state index >= 15 is 0 Å². The molecular weight excluding hydrogens is 432 g/mol. The van der Waals surface area contributed by atoms with E-state index in [0.29, 0.717) is 33.5 Å². The van der Waals surface area contributed by atoms with E-state index < -0.39 is 0 Å². The second kappa shape index (κ2) is 8.41. The third kappa shape index (κ3) is 4.40. The van der Waals surface area contributed by atoms with E-state index in [1.54, 1.807) is 50.6 Å². The van der Waals surface area contributed by atoms with Crippen LogP contribution in [-0.2, 0) is 0 Å². The molecule has 0 atom stereocenters. The van der Waals surface area contributed by atoms with Crippen LogP contribution in [0.1, 0.15) is 10.4 Å². The summed E-state index contributed by atoms with van der Waals surface area (Å²) in [6, 6.07) is 14.2. The molecule has 0 unspecified atom stereocenters. The van der Waals surface area contributed by atoms with Crippen LogP contribution in [0.5, 0.6) is 11.5 Å². The number of amides is 1. The van der Waals surface area contributed by atoms with Gasteiger partial charge in [0.15, 0.2) is 0 Å². The Morgan fingerprint density at radius 1 is 1.07 bits per heavy atom. The van der Waals surface area contributed by atoms with Crippen LogP contribution in [0.25, 0.3) is 11.3 Å². The fraction of sp³-hybridized carbons (Fsp3) is 0.100. The van der Waals surface area contributed by atoms with Gasteiger partial charge >= 0.3 is 0 Å². The number of anilines is 1. The highest BCUT2D eigenvalue weighted by Gasteiger charge is 2.12. The number of methoxy groups -OCH3 is 2. The summed E-state index contributed by atoms with van der Waals surface area (Å²) in [6.45, 7) is 0. The Bertz CT molecular complexity index is 977. The zero-order chi connectivity index (χ0) is 19.4. The van der Waals surface area contributed by atoms with E-state index in [-0.39, 0.29) is 5.91 Å². The van der Waals surface area contributed by atoms with E-state index in [2.05, 4.69) is 26.2 Å². The molecular formula is C20H16BrClN2O3. The highest BCUT2D eigenvalue weighted by molar-refractivity contribution is 9.10. The second-order valence-electron chi connectivity index (χ2n) is 5.58. The minimum absolute atomic E-state index is 0.269. The fourth-order valence-corrected chi connectivity index (χ4v) is 2.90. The number of nitrogens with zero attached hydrogens (tertiary/aromatic N) is 1. The first-order chi connectivity index (χ1) is 13.0. The van der Waals surface area contributed by atoms with Crippen molar-refractivity contribution in [2.75, 3.05) is 19.5 Å². The first-order valence-corrected chi connectivity index (χ1v) is 9.14. The Balaban J connectivity index is 1.80. The number of carbonyl (C=O) groups excluding carboxylic acids is 1. The van der Waals surface area contributed by atoms with Gasteiger partial charge in [0.05, 0.1) is 30.5 Å². The molecule has 1 amide bonds. The topological polar surface area (TPSA) is 60.5 Å². The van der Waals surface area contributed by atoms with Crippen molar-refractivity contribution in [1.82, 2.24) is 4.98 Å². The van der Waals surface area contributed by atoms with Gasteiger partial charge in [-0.15, -0.1) is 0 Å². The van der Waals surface area contributed by atoms with Gasteiger partial charge < -0.3 is 14.8 Å². The van der Waals surface area contributed by atoms with Crippen molar-refractivity contribution >= 4 is 39.1 Å². The molecule has 0 radical (unpaired) electrons. The largest absolute Gasteiger partial charge is 0.497 e. The fourth-order valence-electron chi connectivity index (χ4n) is 2.47. The summed E-state index contributed by atoms with van der Waals surface area (Å²) in [5.41, 5.74) is 2.54. The summed E-state index contributed by atoms with van der Waals surface area (Å²) in [7, 11) is 3.18. The molecule has 0 aliphatic heterocycles. The lowest BCUT2D eigenvalue weighted by molar-refractivity contribution is 0.102. The van der Waals surface area contributed by atoms with Crippen molar-refractivity contribution in [3.63, 3.8) is 0 Å². The summed E-state index contributed by atoms with van der Waals surface area (Å²) in [5.74, 6) is 1.07. The van der Waals surface area contributed by atoms with Crippen molar-refractivity contribution < 1.29 is 14.3 Å². The smallest absolute Gasteiger partial charge is 0.257 e. The lowest BCUT2D eigenvalue weighted by Gasteiger charge is -2.11. The second-order valence-corrected chi connectivity index (χ2v) is 6.84. The average Bonchev–Trinajstić information content (AvgIpc) is 2.70. The molecule has 3 aromatic rings. The number of benzene rings is 2. The van der Waals surface area contributed by atoms with Gasteiger partial charge in [-0.3, -0.25) is 9.78 Å². The highest BCUT2D eigenvalue weighted by Crippen LogP contribution is 2.32. The van der Waals surface area contributed by atoms with Gasteiger partial charge in [-0.25, -0.2) is 0 Å². The van der Waals surface area contributed by atoms with Crippen LogP contribution in [0, 0.1) is 0 Å². The lowest BCUT2D eigenvalue weighted by Crippen LogP contribution is -2.12. The first-order valence-electron chi connectivity index (χ1n) is 7.96. The SMILES string of the molecule is COc1ccc(-c2ccc(C(=O)Nc3ccc(Br)c(Cl)c3)cn2)c(OC)c1. The van der Waals surface area contributed by atoms with Crippen molar-refractivity contribution in [3.8, 4) is 22.8 Å². The number of rotatable bonds is 5. The van der Waals surface area contributed by atoms with Gasteiger partial charge in [-0.2, -0.15) is 0 Å². The standard InChI is InChI=1S/C20H16BrClN2O3/c1-26-14-5-6-15(19(10-14)27-2)18-8-3-12(11-23-18)20(25)24-13-4-7-16(21)17(22)9-13/h3-11H,1-2H3,(H,24,25). The summed E-state index contributed by atoms with van der Waals surface area (Å²) in [4.78, 5) is 16.8. The average molecular weight is 448 g/mol. The molecule has 0 bridgehead atoms. The summed E-state index contributed by atoms with van der Waals surface area (Å²) >= 11 is 9.37. The van der Waals surface area contributed by atoms with Gasteiger partial charge in [-0.05, 0) is 58.4 Å². The number of pyridine rings is 1. The molecule has 0 spiro atoms. The molecule has 138 valence electrons. The minimum atomic E-state index is -0.269. The third-order valence-electron chi connectivity index (χ3n) is 3.89. The van der Waals surface area contributed by atoms with Crippen LogP contribution in [0.2, 0.25) is 5.02 Å². The van der Waals surface area contributed by atoms with Gasteiger partial charge in [-0.1, -0.05) is 11.6 Å². The Morgan fingerprint density at radius 3 is 2.52 bits per heavy atom. The minimum Gasteiger partial charge on any atom is -0.497 e. The van der Waals surface area contributed by atoms with E-state index in [4.69, 9.17) is 21.1 Å². The zero-order valence-electron chi connectivity index (χ0n) is 14.6. The molecule has 1 N–H and O–H groups in total. The monoisotopic (exact) mass is 446 g/mol. The number of carbonyl (C=O) groups is 1. The van der Waals surface area contributed by atoms with Crippen LogP contribution < -0.4 is 14.8 Å². The number of nitrogens with one attached hydrogen (secondary N) is 1. The van der Waals surface area contributed by atoms with Crippen LogP contribution in [0.15, 0.2) is 59.2 Å². The summed E-state index contributed by atoms with van der Waals surface area (Å²) in [6.07, 6.45) is 1.52. The third-order valence-corrected chi connectivity index (χ3v) is 5.12. The molecule has 1 aromatic heterocycles. The van der Waals surface area contributed by atoms with Crippen LogP contribution >= 0.6 is 27.5 Å². The molecule has 3 rings (SSSR count). The van der Waals surface area contributed by atoms with Gasteiger partial charge in [0.25, 0.3) is 5.91 Å². The molecule has 7 heteroatoms. The van der Waals surface area contributed by atoms with E-state index in [1.807, 2.05) is 12.1 Å². The molecule has 2 aromatic carbocycles. The van der Waals surface area contributed by atoms with E-state index in [1.165, 1.54) is 6.20 Å². The normalized spacial score (nSPS) is 10.4. The van der Waals surface area contributed by atoms with E-state index in [9.17, 15) is 4.79 Å². The molecule has 27 heavy (non-hydrogen) atoms. The number of hydrogen-bond donors (Lipinski definition) is 1. The quantitative estimate of drug-likeness (QED) is 0.566. The van der Waals surface area contributed by atoms with Gasteiger partial charge in [0, 0.05) is 28.0 Å². The lowest BCUT2D eigenvalue weighted by atomic mass is 10.1. The maximum atomic E-state index is 12.4. The van der Waals surface area contributed by atoms with Crippen LogP contribution in [-0.4, -0.2) is 25.1 Å². The maximum absolute atomic E-state index is 12.4. The molecule has 0 aliphatic carbocycles. The van der Waals surface area contributed by atoms with Crippen LogP contribution in [0.4, 0.5) is 5.69 Å². The van der Waals surface area contributed by atoms with E-state index in [0.717, 1.165) is 10.0 Å². The van der Waals surface area contributed by atoms with Crippen molar-refractivity contribution in [3.05, 3.63) is 69.8 Å². The van der Waals surface area contributed by atoms with Crippen molar-refractivity contribution in [2.45, 2.75) is 0 Å². The maximum Gasteiger partial charge on any atom is 0.257 e. The molecule has 0 saturated carbocycles. The Labute approximate surface area is 170 Å².